The van der Waals surface area contributed by atoms with Crippen molar-refractivity contribution in [1.29, 1.82) is 0 Å². The lowest BCUT2D eigenvalue weighted by Gasteiger charge is -2.18. The Hall–Kier alpha value is -3.15. The molecule has 1 atom stereocenters. The second kappa shape index (κ2) is 60.4. The molecule has 0 aliphatic heterocycles. The maximum Gasteiger partial charge on any atom is 0.306 e. The lowest BCUT2D eigenvalue weighted by Crippen LogP contribution is -2.30. The van der Waals surface area contributed by atoms with Crippen molar-refractivity contribution in [3.63, 3.8) is 0 Å². The van der Waals surface area contributed by atoms with Crippen molar-refractivity contribution in [1.82, 2.24) is 0 Å². The van der Waals surface area contributed by atoms with E-state index in [1.54, 1.807) is 0 Å². The molecule has 0 bridgehead atoms. The predicted octanol–water partition coefficient (Wildman–Crippen LogP) is 20.9. The van der Waals surface area contributed by atoms with Gasteiger partial charge in [0.15, 0.2) is 6.10 Å². The smallest absolute Gasteiger partial charge is 0.306 e. The van der Waals surface area contributed by atoms with Gasteiger partial charge < -0.3 is 14.2 Å². The van der Waals surface area contributed by atoms with Crippen LogP contribution >= 0.6 is 0 Å². The topological polar surface area (TPSA) is 78.9 Å². The van der Waals surface area contributed by atoms with Gasteiger partial charge in [0, 0.05) is 19.3 Å². The minimum absolute atomic E-state index is 0.0833. The summed E-state index contributed by atoms with van der Waals surface area (Å²) in [7, 11) is 0. The van der Waals surface area contributed by atoms with Crippen LogP contribution in [0.2, 0.25) is 0 Å². The molecule has 0 aliphatic rings. The first kappa shape index (κ1) is 68.8. The summed E-state index contributed by atoms with van der Waals surface area (Å²) in [5.74, 6) is -0.898. The second-order valence-electron chi connectivity index (χ2n) is 20.6. The summed E-state index contributed by atoms with van der Waals surface area (Å²) < 4.78 is 16.9. The summed E-state index contributed by atoms with van der Waals surface area (Å²) in [5, 5.41) is 0. The first-order valence-electron chi connectivity index (χ1n) is 30.9. The number of carbonyl (C=O) groups excluding carboxylic acids is 3. The quantitative estimate of drug-likeness (QED) is 0.0261. The van der Waals surface area contributed by atoms with E-state index in [-0.39, 0.29) is 31.1 Å². The third kappa shape index (κ3) is 57.7. The minimum Gasteiger partial charge on any atom is -0.462 e. The largest absolute Gasteiger partial charge is 0.462 e. The molecule has 0 aromatic heterocycles. The van der Waals surface area contributed by atoms with Gasteiger partial charge in [-0.1, -0.05) is 273 Å². The van der Waals surface area contributed by atoms with Crippen LogP contribution in [-0.2, 0) is 28.6 Å². The van der Waals surface area contributed by atoms with Crippen LogP contribution in [-0.4, -0.2) is 37.2 Å². The van der Waals surface area contributed by atoms with Gasteiger partial charge in [-0.2, -0.15) is 0 Å². The number of unbranched alkanes of at least 4 members (excludes halogenated alkanes) is 33. The number of rotatable bonds is 56. The number of hydrogen-bond acceptors (Lipinski definition) is 6. The van der Waals surface area contributed by atoms with Crippen LogP contribution in [0.5, 0.6) is 0 Å². The summed E-state index contributed by atoms with van der Waals surface area (Å²) in [6.45, 7) is 6.52. The predicted molar refractivity (Wildman–Crippen MR) is 311 cm³/mol. The van der Waals surface area contributed by atoms with E-state index in [1.807, 2.05) is 0 Å². The van der Waals surface area contributed by atoms with Crippen LogP contribution < -0.4 is 0 Å². The van der Waals surface area contributed by atoms with Crippen molar-refractivity contribution in [2.45, 2.75) is 316 Å². The van der Waals surface area contributed by atoms with E-state index >= 15 is 0 Å². The summed E-state index contributed by atoms with van der Waals surface area (Å²) in [6.07, 6.45) is 77.5. The van der Waals surface area contributed by atoms with Gasteiger partial charge in [-0.15, -0.1) is 0 Å². The van der Waals surface area contributed by atoms with Gasteiger partial charge in [-0.05, 0) is 89.9 Å². The lowest BCUT2D eigenvalue weighted by molar-refractivity contribution is -0.167. The van der Waals surface area contributed by atoms with E-state index < -0.39 is 6.10 Å². The Morgan fingerprint density at radius 1 is 0.292 bits per heavy atom. The molecule has 72 heavy (non-hydrogen) atoms. The fourth-order valence-corrected chi connectivity index (χ4v) is 8.82. The number of ether oxygens (including phenoxy) is 3. The third-order valence-corrected chi connectivity index (χ3v) is 13.4. The minimum atomic E-state index is -0.789. The average Bonchev–Trinajstić information content (AvgIpc) is 3.38. The highest BCUT2D eigenvalue weighted by Gasteiger charge is 2.19. The summed E-state index contributed by atoms with van der Waals surface area (Å²) in [6, 6.07) is 0. The number of carbonyl (C=O) groups is 3. The maximum absolute atomic E-state index is 12.9. The fraction of sp³-hybridized carbons (Fsp3) is 0.773. The van der Waals surface area contributed by atoms with Crippen molar-refractivity contribution in [3.8, 4) is 0 Å². The number of esters is 3. The highest BCUT2D eigenvalue weighted by Crippen LogP contribution is 2.17. The molecule has 0 rings (SSSR count). The SMILES string of the molecule is CC/C=C\C/C=C\C/C=C\C/C=C\CCCCCCCCC(=O)OC(COC(=O)CCCCCCC/C=C\C/C=C\CCCCC)COC(=O)CCCCCCCCCCCCCCCCCCCCCC. The second-order valence-corrected chi connectivity index (χ2v) is 20.6. The van der Waals surface area contributed by atoms with Gasteiger partial charge in [0.05, 0.1) is 0 Å². The molecule has 0 heterocycles. The van der Waals surface area contributed by atoms with Crippen LogP contribution in [0, 0.1) is 0 Å². The maximum atomic E-state index is 12.9. The molecule has 0 fully saturated rings. The van der Waals surface area contributed by atoms with Gasteiger partial charge in [0.2, 0.25) is 0 Å². The zero-order valence-corrected chi connectivity index (χ0v) is 47.7. The van der Waals surface area contributed by atoms with Crippen molar-refractivity contribution in [2.75, 3.05) is 13.2 Å². The molecule has 6 heteroatoms. The molecule has 0 saturated heterocycles. The van der Waals surface area contributed by atoms with Crippen molar-refractivity contribution in [2.24, 2.45) is 0 Å². The lowest BCUT2D eigenvalue weighted by atomic mass is 10.0. The summed E-state index contributed by atoms with van der Waals surface area (Å²) in [4.78, 5) is 38.3. The molecule has 0 amide bonds. The Kier molecular flexibility index (Phi) is 57.8. The Morgan fingerprint density at radius 3 is 0.875 bits per heavy atom. The van der Waals surface area contributed by atoms with Crippen LogP contribution in [0.25, 0.3) is 0 Å². The molecule has 0 spiro atoms. The van der Waals surface area contributed by atoms with E-state index in [1.165, 1.54) is 154 Å². The van der Waals surface area contributed by atoms with Crippen molar-refractivity contribution < 1.29 is 28.6 Å². The highest BCUT2D eigenvalue weighted by atomic mass is 16.6. The molecule has 0 saturated carbocycles. The Morgan fingerprint density at radius 2 is 0.542 bits per heavy atom. The van der Waals surface area contributed by atoms with E-state index in [9.17, 15) is 14.4 Å². The Labute approximate surface area is 446 Å². The Balaban J connectivity index is 4.38. The molecule has 0 aromatic rings. The standard InChI is InChI=1S/C66H116O6/c1-4-7-10-13-16-19-22-25-28-30-32-34-35-38-41-44-47-50-53-56-59-65(68)71-62-63(61-70-64(67)58-55-52-49-46-43-40-37-27-24-21-18-15-12-9-6-3)72-66(69)60-57-54-51-48-45-42-39-36-33-31-29-26-23-20-17-14-11-8-5-2/h8,11,17-18,20-21,26-27,29,33,36-37,63H,4-7,9-10,12-16,19,22-25,28,30-32,34-35,38-62H2,1-3H3/b11-8-,20-17-,21-18-,29-26-,36-33-,37-27-. The first-order valence-corrected chi connectivity index (χ1v) is 30.9. The molecule has 416 valence electrons. The van der Waals surface area contributed by atoms with Gasteiger partial charge in [-0.25, -0.2) is 0 Å². The van der Waals surface area contributed by atoms with E-state index in [4.69, 9.17) is 14.2 Å². The van der Waals surface area contributed by atoms with Gasteiger partial charge in [0.25, 0.3) is 0 Å². The molecule has 0 radical (unpaired) electrons. The fourth-order valence-electron chi connectivity index (χ4n) is 8.82. The molecule has 1 unspecified atom stereocenters. The zero-order chi connectivity index (χ0) is 52.2. The van der Waals surface area contributed by atoms with E-state index in [0.29, 0.717) is 19.3 Å². The molecule has 6 nitrogen and oxygen atoms in total. The van der Waals surface area contributed by atoms with Crippen molar-refractivity contribution in [3.05, 3.63) is 72.9 Å². The van der Waals surface area contributed by atoms with E-state index in [0.717, 1.165) is 116 Å². The number of hydrogen-bond donors (Lipinski definition) is 0. The van der Waals surface area contributed by atoms with Gasteiger partial charge in [0.1, 0.15) is 13.2 Å². The molecule has 0 N–H and O–H groups in total. The Bertz CT molecular complexity index is 1340. The van der Waals surface area contributed by atoms with E-state index in [2.05, 4.69) is 93.7 Å². The molecule has 0 aromatic carbocycles. The van der Waals surface area contributed by atoms with Crippen molar-refractivity contribution >= 4 is 17.9 Å². The average molecular weight is 1010 g/mol. The number of allylic oxidation sites excluding steroid dienone is 12. The molecular weight excluding hydrogens is 889 g/mol. The monoisotopic (exact) mass is 1000 g/mol. The normalized spacial score (nSPS) is 12.5. The first-order chi connectivity index (χ1) is 35.5. The molecule has 0 aliphatic carbocycles. The highest BCUT2D eigenvalue weighted by molar-refractivity contribution is 5.71. The molecular formula is C66H116O6. The summed E-state index contributed by atoms with van der Waals surface area (Å²) in [5.41, 5.74) is 0. The van der Waals surface area contributed by atoms with Crippen LogP contribution in [0.4, 0.5) is 0 Å². The summed E-state index contributed by atoms with van der Waals surface area (Å²) >= 11 is 0. The van der Waals surface area contributed by atoms with Crippen LogP contribution in [0.1, 0.15) is 310 Å². The third-order valence-electron chi connectivity index (χ3n) is 13.4. The van der Waals surface area contributed by atoms with Gasteiger partial charge in [-0.3, -0.25) is 14.4 Å². The zero-order valence-electron chi connectivity index (χ0n) is 47.7. The van der Waals surface area contributed by atoms with Crippen LogP contribution in [0.15, 0.2) is 72.9 Å². The van der Waals surface area contributed by atoms with Crippen LogP contribution in [0.3, 0.4) is 0 Å². The van der Waals surface area contributed by atoms with Gasteiger partial charge >= 0.3 is 17.9 Å².